The summed E-state index contributed by atoms with van der Waals surface area (Å²) in [6.45, 7) is 0.119. The Morgan fingerprint density at radius 3 is 2.48 bits per heavy atom. The van der Waals surface area contributed by atoms with Gasteiger partial charge in [0.05, 0.1) is 20.6 Å². The number of benzene rings is 2. The first kappa shape index (κ1) is 20.6. The second kappa shape index (κ2) is 10.4. The molecular weight excluding hydrogens is 370 g/mol. The van der Waals surface area contributed by atoms with E-state index in [9.17, 15) is 9.59 Å². The van der Waals surface area contributed by atoms with Crippen LogP contribution >= 0.6 is 11.6 Å². The van der Waals surface area contributed by atoms with Crippen molar-refractivity contribution >= 4 is 23.5 Å². The summed E-state index contributed by atoms with van der Waals surface area (Å²) in [5.41, 5.74) is 1.73. The van der Waals surface area contributed by atoms with Crippen molar-refractivity contribution < 1.29 is 23.8 Å². The van der Waals surface area contributed by atoms with Crippen LogP contribution in [0.1, 0.15) is 11.1 Å². The third-order valence-corrected chi connectivity index (χ3v) is 4.02. The third-order valence-electron chi connectivity index (χ3n) is 3.79. The van der Waals surface area contributed by atoms with E-state index in [2.05, 4.69) is 5.32 Å². The van der Waals surface area contributed by atoms with Crippen LogP contribution in [0.4, 0.5) is 0 Å². The van der Waals surface area contributed by atoms with Gasteiger partial charge < -0.3 is 19.5 Å². The fourth-order valence-corrected chi connectivity index (χ4v) is 2.66. The molecule has 0 aliphatic heterocycles. The number of hydrogen-bond acceptors (Lipinski definition) is 5. The number of hydrogen-bond donors (Lipinski definition) is 1. The number of carbonyl (C=O) groups is 2. The van der Waals surface area contributed by atoms with Gasteiger partial charge in [-0.1, -0.05) is 29.8 Å². The molecular formula is C20H22ClNO5. The molecule has 1 amide bonds. The lowest BCUT2D eigenvalue weighted by Crippen LogP contribution is -2.30. The Bertz CT molecular complexity index is 794. The monoisotopic (exact) mass is 391 g/mol. The van der Waals surface area contributed by atoms with E-state index < -0.39 is 5.97 Å². The largest absolute Gasteiger partial charge is 0.493 e. The molecule has 27 heavy (non-hydrogen) atoms. The van der Waals surface area contributed by atoms with Crippen LogP contribution in [0.25, 0.3) is 0 Å². The lowest BCUT2D eigenvalue weighted by molar-refractivity contribution is -0.147. The highest BCUT2D eigenvalue weighted by Crippen LogP contribution is 2.27. The van der Waals surface area contributed by atoms with Crippen molar-refractivity contribution in [3.05, 3.63) is 58.6 Å². The predicted octanol–water partition coefficient (Wildman–Crippen LogP) is 2.80. The van der Waals surface area contributed by atoms with E-state index in [1.54, 1.807) is 24.3 Å². The van der Waals surface area contributed by atoms with Crippen LogP contribution in [0.15, 0.2) is 42.5 Å². The summed E-state index contributed by atoms with van der Waals surface area (Å²) >= 11 is 5.91. The van der Waals surface area contributed by atoms with Crippen molar-refractivity contribution in [1.82, 2.24) is 5.32 Å². The minimum absolute atomic E-state index is 0.0378. The summed E-state index contributed by atoms with van der Waals surface area (Å²) in [7, 11) is 3.06. The van der Waals surface area contributed by atoms with Gasteiger partial charge in [-0.3, -0.25) is 9.59 Å². The summed E-state index contributed by atoms with van der Waals surface area (Å²) in [5.74, 6) is 0.264. The van der Waals surface area contributed by atoms with E-state index in [-0.39, 0.29) is 18.9 Å². The lowest BCUT2D eigenvalue weighted by Gasteiger charge is -2.10. The molecule has 0 unspecified atom stereocenters. The fourth-order valence-electron chi connectivity index (χ4n) is 2.44. The van der Waals surface area contributed by atoms with E-state index in [4.69, 9.17) is 25.8 Å². The van der Waals surface area contributed by atoms with Crippen molar-refractivity contribution in [1.29, 1.82) is 0 Å². The van der Waals surface area contributed by atoms with Crippen molar-refractivity contribution in [2.45, 2.75) is 12.8 Å². The molecule has 0 saturated carbocycles. The zero-order chi connectivity index (χ0) is 19.6. The van der Waals surface area contributed by atoms with Crippen LogP contribution in [0.3, 0.4) is 0 Å². The number of amides is 1. The number of halogens is 1. The quantitative estimate of drug-likeness (QED) is 0.665. The predicted molar refractivity (Wildman–Crippen MR) is 102 cm³/mol. The average Bonchev–Trinajstić information content (AvgIpc) is 2.66. The number of carbonyl (C=O) groups excluding carboxylic acids is 2. The molecule has 0 fully saturated rings. The van der Waals surface area contributed by atoms with E-state index in [1.165, 1.54) is 14.2 Å². The van der Waals surface area contributed by atoms with E-state index in [1.807, 2.05) is 18.2 Å². The molecule has 0 aliphatic rings. The zero-order valence-electron chi connectivity index (χ0n) is 15.3. The molecule has 2 aromatic rings. The SMILES string of the molecule is COc1ccc(CC(=O)OCC(=O)NCCc2cccc(Cl)c2)cc1OC. The van der Waals surface area contributed by atoms with Gasteiger partial charge >= 0.3 is 5.97 Å². The molecule has 0 atom stereocenters. The Morgan fingerprint density at radius 1 is 1.00 bits per heavy atom. The maximum Gasteiger partial charge on any atom is 0.310 e. The second-order valence-corrected chi connectivity index (χ2v) is 6.19. The Labute approximate surface area is 163 Å². The third kappa shape index (κ3) is 6.83. The number of nitrogens with one attached hydrogen (secondary N) is 1. The van der Waals surface area contributed by atoms with Gasteiger partial charge in [0.25, 0.3) is 5.91 Å². The lowest BCUT2D eigenvalue weighted by atomic mass is 10.1. The summed E-state index contributed by atoms with van der Waals surface area (Å²) < 4.78 is 15.4. The fraction of sp³-hybridized carbons (Fsp3) is 0.300. The maximum absolute atomic E-state index is 11.9. The average molecular weight is 392 g/mol. The highest BCUT2D eigenvalue weighted by atomic mass is 35.5. The van der Waals surface area contributed by atoms with E-state index in [0.717, 1.165) is 5.56 Å². The number of rotatable bonds is 9. The Kier molecular flexibility index (Phi) is 7.95. The molecule has 0 heterocycles. The molecule has 6 nitrogen and oxygen atoms in total. The Hall–Kier alpha value is -2.73. The molecule has 0 aromatic heterocycles. The summed E-state index contributed by atoms with van der Waals surface area (Å²) in [6.07, 6.45) is 0.683. The highest BCUT2D eigenvalue weighted by Gasteiger charge is 2.11. The van der Waals surface area contributed by atoms with Gasteiger partial charge in [0.1, 0.15) is 0 Å². The van der Waals surface area contributed by atoms with E-state index in [0.29, 0.717) is 35.1 Å². The molecule has 0 radical (unpaired) electrons. The maximum atomic E-state index is 11.9. The van der Waals surface area contributed by atoms with Gasteiger partial charge in [-0.05, 0) is 41.8 Å². The Balaban J connectivity index is 1.72. The van der Waals surface area contributed by atoms with Crippen LogP contribution in [-0.4, -0.2) is 39.2 Å². The van der Waals surface area contributed by atoms with Crippen molar-refractivity contribution in [3.63, 3.8) is 0 Å². The summed E-state index contributed by atoms with van der Waals surface area (Å²) in [4.78, 5) is 23.7. The van der Waals surface area contributed by atoms with Crippen molar-refractivity contribution in [2.75, 3.05) is 27.4 Å². The molecule has 0 saturated heterocycles. The summed E-state index contributed by atoms with van der Waals surface area (Å²) in [6, 6.07) is 12.6. The Morgan fingerprint density at radius 2 is 1.78 bits per heavy atom. The van der Waals surface area contributed by atoms with Gasteiger partial charge in [-0.2, -0.15) is 0 Å². The number of methoxy groups -OCH3 is 2. The van der Waals surface area contributed by atoms with Crippen LogP contribution in [0.5, 0.6) is 11.5 Å². The van der Waals surface area contributed by atoms with Crippen LogP contribution in [0.2, 0.25) is 5.02 Å². The standard InChI is InChI=1S/C20H22ClNO5/c1-25-17-7-6-15(11-18(17)26-2)12-20(24)27-13-19(23)22-9-8-14-4-3-5-16(21)10-14/h3-7,10-11H,8-9,12-13H2,1-2H3,(H,22,23). The topological polar surface area (TPSA) is 73.9 Å². The molecule has 7 heteroatoms. The van der Waals surface area contributed by atoms with Gasteiger partial charge in [-0.15, -0.1) is 0 Å². The minimum atomic E-state index is -0.493. The van der Waals surface area contributed by atoms with Gasteiger partial charge in [-0.25, -0.2) is 0 Å². The van der Waals surface area contributed by atoms with Crippen molar-refractivity contribution in [3.8, 4) is 11.5 Å². The van der Waals surface area contributed by atoms with Crippen LogP contribution in [0, 0.1) is 0 Å². The van der Waals surface area contributed by atoms with Crippen LogP contribution in [-0.2, 0) is 27.2 Å². The van der Waals surface area contributed by atoms with Crippen LogP contribution < -0.4 is 14.8 Å². The smallest absolute Gasteiger partial charge is 0.310 e. The molecule has 0 spiro atoms. The zero-order valence-corrected chi connectivity index (χ0v) is 16.0. The van der Waals surface area contributed by atoms with Gasteiger partial charge in [0.2, 0.25) is 0 Å². The first-order chi connectivity index (χ1) is 13.0. The molecule has 1 N–H and O–H groups in total. The molecule has 144 valence electrons. The molecule has 0 aliphatic carbocycles. The number of ether oxygens (including phenoxy) is 3. The number of esters is 1. The van der Waals surface area contributed by atoms with Gasteiger partial charge in [0.15, 0.2) is 18.1 Å². The highest BCUT2D eigenvalue weighted by molar-refractivity contribution is 6.30. The summed E-state index contributed by atoms with van der Waals surface area (Å²) in [5, 5.41) is 3.36. The molecule has 2 aromatic carbocycles. The normalized spacial score (nSPS) is 10.2. The second-order valence-electron chi connectivity index (χ2n) is 5.76. The minimum Gasteiger partial charge on any atom is -0.493 e. The first-order valence-electron chi connectivity index (χ1n) is 8.39. The van der Waals surface area contributed by atoms with E-state index >= 15 is 0 Å². The van der Waals surface area contributed by atoms with Crippen molar-refractivity contribution in [2.24, 2.45) is 0 Å². The first-order valence-corrected chi connectivity index (χ1v) is 8.77. The molecule has 0 bridgehead atoms. The molecule has 2 rings (SSSR count). The van der Waals surface area contributed by atoms with Gasteiger partial charge in [0, 0.05) is 11.6 Å².